The number of fused-ring (bicyclic) bond motifs is 2. The number of anilines is 2. The van der Waals surface area contributed by atoms with Gasteiger partial charge in [-0.05, 0) is 54.6 Å². The molecule has 3 aromatic rings. The van der Waals surface area contributed by atoms with Crippen LogP contribution in [0, 0.1) is 0 Å². The van der Waals surface area contributed by atoms with Crippen LogP contribution in [0.1, 0.15) is 11.4 Å². The molecule has 0 radical (unpaired) electrons. The fourth-order valence-electron chi connectivity index (χ4n) is 3.79. The first-order valence-corrected chi connectivity index (χ1v) is 9.62. The fraction of sp³-hybridized carbons (Fsp3) is 0.182. The van der Waals surface area contributed by atoms with Crippen LogP contribution in [0.3, 0.4) is 0 Å². The minimum Gasteiger partial charge on any atom is -0.497 e. The summed E-state index contributed by atoms with van der Waals surface area (Å²) in [5.74, 6) is 2.41. The maximum atomic E-state index is 6.44. The molecule has 1 aromatic heterocycles. The van der Waals surface area contributed by atoms with Gasteiger partial charge in [0.25, 0.3) is 0 Å². The highest BCUT2D eigenvalue weighted by molar-refractivity contribution is 6.31. The van der Waals surface area contributed by atoms with Crippen LogP contribution < -0.4 is 15.0 Å². The van der Waals surface area contributed by atoms with Crippen molar-refractivity contribution in [2.75, 3.05) is 25.1 Å². The van der Waals surface area contributed by atoms with Crippen molar-refractivity contribution >= 4 is 39.6 Å². The number of hydrogen-bond acceptors (Lipinski definition) is 5. The second-order valence-corrected chi connectivity index (χ2v) is 7.23. The molecule has 0 aliphatic carbocycles. The van der Waals surface area contributed by atoms with Crippen LogP contribution in [0.5, 0.6) is 5.75 Å². The molecule has 0 fully saturated rings. The number of dihydropyridines is 1. The Morgan fingerprint density at radius 1 is 1.18 bits per heavy atom. The van der Waals surface area contributed by atoms with Crippen LogP contribution in [-0.2, 0) is 6.42 Å². The SMILES string of the molecule is COc1ccc2nc(C3=CC=CNC3)nc(N3CCc4c(Cl)cccc43)c2c1. The van der Waals surface area contributed by atoms with Gasteiger partial charge in [-0.2, -0.15) is 0 Å². The smallest absolute Gasteiger partial charge is 0.159 e. The topological polar surface area (TPSA) is 50.3 Å². The lowest BCUT2D eigenvalue weighted by molar-refractivity contribution is 0.415. The number of nitrogens with one attached hydrogen (secondary N) is 1. The van der Waals surface area contributed by atoms with Crippen molar-refractivity contribution in [1.29, 1.82) is 0 Å². The van der Waals surface area contributed by atoms with Crippen LogP contribution in [0.15, 0.2) is 54.8 Å². The summed E-state index contributed by atoms with van der Waals surface area (Å²) in [7, 11) is 1.67. The quantitative estimate of drug-likeness (QED) is 0.714. The summed E-state index contributed by atoms with van der Waals surface area (Å²) in [4.78, 5) is 12.0. The van der Waals surface area contributed by atoms with Crippen molar-refractivity contribution in [3.05, 3.63) is 71.2 Å². The summed E-state index contributed by atoms with van der Waals surface area (Å²) in [6.07, 6.45) is 6.85. The Bertz CT molecular complexity index is 1140. The number of benzene rings is 2. The van der Waals surface area contributed by atoms with Gasteiger partial charge in [-0.15, -0.1) is 0 Å². The first kappa shape index (κ1) is 17.1. The minimum absolute atomic E-state index is 0.708. The standard InChI is InChI=1S/C22H19ClN4O/c1-28-15-7-8-19-17(12-15)22(26-21(25-19)14-4-3-10-24-13-14)27-11-9-16-18(23)5-2-6-20(16)27/h2-8,10,12,24H,9,11,13H2,1H3. The molecule has 28 heavy (non-hydrogen) atoms. The maximum absolute atomic E-state index is 6.44. The zero-order valence-corrected chi connectivity index (χ0v) is 16.2. The fourth-order valence-corrected chi connectivity index (χ4v) is 4.06. The molecule has 0 atom stereocenters. The minimum atomic E-state index is 0.708. The first-order valence-electron chi connectivity index (χ1n) is 9.25. The van der Waals surface area contributed by atoms with Crippen molar-refractivity contribution in [2.45, 2.75) is 6.42 Å². The molecule has 0 amide bonds. The Kier molecular flexibility index (Phi) is 4.17. The van der Waals surface area contributed by atoms with Crippen molar-refractivity contribution in [2.24, 2.45) is 0 Å². The number of allylic oxidation sites excluding steroid dienone is 2. The molecule has 0 saturated heterocycles. The predicted octanol–water partition coefficient (Wildman–Crippen LogP) is 4.49. The third-order valence-electron chi connectivity index (χ3n) is 5.20. The largest absolute Gasteiger partial charge is 0.497 e. The predicted molar refractivity (Wildman–Crippen MR) is 113 cm³/mol. The van der Waals surface area contributed by atoms with Gasteiger partial charge in [0.15, 0.2) is 5.82 Å². The van der Waals surface area contributed by atoms with Crippen LogP contribution in [0.2, 0.25) is 5.02 Å². The van der Waals surface area contributed by atoms with Gasteiger partial charge in [0.2, 0.25) is 0 Å². The normalized spacial score (nSPS) is 15.4. The Balaban J connectivity index is 1.73. The van der Waals surface area contributed by atoms with E-state index in [1.165, 1.54) is 5.56 Å². The van der Waals surface area contributed by atoms with Gasteiger partial charge >= 0.3 is 0 Å². The molecular formula is C22H19ClN4O. The lowest BCUT2D eigenvalue weighted by Gasteiger charge is -2.22. The van der Waals surface area contributed by atoms with Crippen molar-refractivity contribution in [3.8, 4) is 5.75 Å². The van der Waals surface area contributed by atoms with E-state index in [1.807, 2.05) is 42.6 Å². The summed E-state index contributed by atoms with van der Waals surface area (Å²) in [5.41, 5.74) is 4.23. The molecule has 3 heterocycles. The average molecular weight is 391 g/mol. The van der Waals surface area contributed by atoms with E-state index in [-0.39, 0.29) is 0 Å². The highest BCUT2D eigenvalue weighted by Crippen LogP contribution is 2.40. The summed E-state index contributed by atoms with van der Waals surface area (Å²) >= 11 is 6.44. The first-order chi connectivity index (χ1) is 13.7. The molecular weight excluding hydrogens is 372 g/mol. The van der Waals surface area contributed by atoms with E-state index < -0.39 is 0 Å². The van der Waals surface area contributed by atoms with E-state index in [0.717, 1.165) is 57.5 Å². The Hall–Kier alpha value is -3.05. The van der Waals surface area contributed by atoms with Gasteiger partial charge < -0.3 is 15.0 Å². The van der Waals surface area contributed by atoms with Gasteiger partial charge in [-0.25, -0.2) is 9.97 Å². The molecule has 5 rings (SSSR count). The number of aromatic nitrogens is 2. The van der Waals surface area contributed by atoms with Crippen LogP contribution >= 0.6 is 11.6 Å². The van der Waals surface area contributed by atoms with Crippen LogP contribution in [0.25, 0.3) is 16.5 Å². The molecule has 1 N–H and O–H groups in total. The Morgan fingerprint density at radius 3 is 2.93 bits per heavy atom. The second-order valence-electron chi connectivity index (χ2n) is 6.82. The lowest BCUT2D eigenvalue weighted by Crippen LogP contribution is -2.18. The highest BCUT2D eigenvalue weighted by atomic mass is 35.5. The van der Waals surface area contributed by atoms with Crippen molar-refractivity contribution < 1.29 is 4.74 Å². The van der Waals surface area contributed by atoms with E-state index in [1.54, 1.807) is 7.11 Å². The number of methoxy groups -OCH3 is 1. The van der Waals surface area contributed by atoms with Crippen molar-refractivity contribution in [3.63, 3.8) is 0 Å². The van der Waals surface area contributed by atoms with E-state index in [9.17, 15) is 0 Å². The van der Waals surface area contributed by atoms with Gasteiger partial charge in [-0.3, -0.25) is 0 Å². The molecule has 2 aromatic carbocycles. The third-order valence-corrected chi connectivity index (χ3v) is 5.55. The van der Waals surface area contributed by atoms with Crippen molar-refractivity contribution in [1.82, 2.24) is 15.3 Å². The van der Waals surface area contributed by atoms with E-state index in [2.05, 4.69) is 22.4 Å². The van der Waals surface area contributed by atoms with Gasteiger partial charge in [0, 0.05) is 34.8 Å². The number of hydrogen-bond donors (Lipinski definition) is 1. The molecule has 0 saturated carbocycles. The Labute approximate surface area is 168 Å². The number of halogens is 1. The number of ether oxygens (including phenoxy) is 1. The molecule has 6 heteroatoms. The highest BCUT2D eigenvalue weighted by Gasteiger charge is 2.26. The molecule has 2 aliphatic heterocycles. The van der Waals surface area contributed by atoms with E-state index in [0.29, 0.717) is 6.54 Å². The molecule has 0 spiro atoms. The zero-order chi connectivity index (χ0) is 19.1. The van der Waals surface area contributed by atoms with E-state index in [4.69, 9.17) is 26.3 Å². The molecule has 0 bridgehead atoms. The summed E-state index contributed by atoms with van der Waals surface area (Å²) in [6.45, 7) is 1.54. The van der Waals surface area contributed by atoms with Gasteiger partial charge in [0.1, 0.15) is 11.6 Å². The van der Waals surface area contributed by atoms with Gasteiger partial charge in [0.05, 0.1) is 12.6 Å². The molecule has 140 valence electrons. The summed E-state index contributed by atoms with van der Waals surface area (Å²) in [5, 5.41) is 5.01. The second kappa shape index (κ2) is 6.84. The maximum Gasteiger partial charge on any atom is 0.159 e. The summed E-state index contributed by atoms with van der Waals surface area (Å²) in [6, 6.07) is 12.0. The monoisotopic (exact) mass is 390 g/mol. The number of nitrogens with zero attached hydrogens (tertiary/aromatic N) is 3. The molecule has 0 unspecified atom stereocenters. The van der Waals surface area contributed by atoms with Crippen LogP contribution in [-0.4, -0.2) is 30.2 Å². The average Bonchev–Trinajstić information content (AvgIpc) is 3.18. The third kappa shape index (κ3) is 2.79. The molecule has 2 aliphatic rings. The Morgan fingerprint density at radius 2 is 2.11 bits per heavy atom. The zero-order valence-electron chi connectivity index (χ0n) is 15.4. The van der Waals surface area contributed by atoms with Crippen LogP contribution in [0.4, 0.5) is 11.5 Å². The van der Waals surface area contributed by atoms with Gasteiger partial charge in [-0.1, -0.05) is 23.7 Å². The number of rotatable bonds is 3. The summed E-state index contributed by atoms with van der Waals surface area (Å²) < 4.78 is 5.45. The van der Waals surface area contributed by atoms with E-state index >= 15 is 0 Å². The molecule has 5 nitrogen and oxygen atoms in total. The lowest BCUT2D eigenvalue weighted by atomic mass is 10.1.